The van der Waals surface area contributed by atoms with E-state index >= 15 is 0 Å². The molecule has 0 spiro atoms. The summed E-state index contributed by atoms with van der Waals surface area (Å²) in [4.78, 5) is 6.59. The number of aliphatic hydroxyl groups excluding tert-OH is 1. The molecule has 0 aliphatic heterocycles. The summed E-state index contributed by atoms with van der Waals surface area (Å²) in [5, 5.41) is 8.70. The molecule has 0 bridgehead atoms. The Morgan fingerprint density at radius 2 is 0.925 bits per heavy atom. The van der Waals surface area contributed by atoms with Crippen LogP contribution in [0.15, 0.2) is 72.8 Å². The smallest absolute Gasteiger partial charge is 0.0701 e. The maximum Gasteiger partial charge on any atom is 0.0701 e. The molecule has 0 heterocycles. The van der Waals surface area contributed by atoms with Gasteiger partial charge in [0, 0.05) is 64.3 Å². The van der Waals surface area contributed by atoms with Crippen LogP contribution < -0.4 is 14.7 Å². The molecule has 1 N–H and O–H groups in total. The molecule has 3 aromatic carbocycles. The fraction of sp³-hybridized carbons (Fsp3) is 0.455. The summed E-state index contributed by atoms with van der Waals surface area (Å²) in [6, 6.07) is 26.7. The molecule has 0 aliphatic rings. The van der Waals surface area contributed by atoms with Gasteiger partial charge in [-0.1, -0.05) is 36.4 Å². The number of likely N-dealkylation sites (N-methyl/N-ethyl adjacent to an activating group) is 1. The minimum absolute atomic E-state index is 0.0377. The molecule has 0 unspecified atom stereocenters. The highest BCUT2D eigenvalue weighted by Gasteiger charge is 2.18. The zero-order chi connectivity index (χ0) is 28.7. The van der Waals surface area contributed by atoms with Crippen molar-refractivity contribution in [2.75, 3.05) is 102 Å². The Hall–Kier alpha value is -3.10. The van der Waals surface area contributed by atoms with Crippen molar-refractivity contribution in [1.29, 1.82) is 0 Å². The van der Waals surface area contributed by atoms with Gasteiger partial charge in [-0.05, 0) is 60.0 Å². The van der Waals surface area contributed by atoms with Gasteiger partial charge in [-0.3, -0.25) is 0 Å². The summed E-state index contributed by atoms with van der Waals surface area (Å²) in [5.74, 6) is 0.147. The molecule has 0 saturated carbocycles. The van der Waals surface area contributed by atoms with Crippen molar-refractivity contribution < 1.29 is 19.3 Å². The first-order chi connectivity index (χ1) is 19.4. The van der Waals surface area contributed by atoms with Crippen LogP contribution in [0, 0.1) is 0 Å². The van der Waals surface area contributed by atoms with E-state index in [1.165, 1.54) is 33.8 Å². The van der Waals surface area contributed by atoms with Crippen LogP contribution in [0.3, 0.4) is 0 Å². The van der Waals surface area contributed by atoms with Gasteiger partial charge in [0.1, 0.15) is 0 Å². The topological polar surface area (TPSA) is 57.6 Å². The predicted molar refractivity (Wildman–Crippen MR) is 166 cm³/mol. The van der Waals surface area contributed by atoms with Gasteiger partial charge < -0.3 is 34.0 Å². The first-order valence-electron chi connectivity index (χ1n) is 14.2. The van der Waals surface area contributed by atoms with E-state index in [4.69, 9.17) is 19.3 Å². The molecule has 0 saturated heterocycles. The lowest BCUT2D eigenvalue weighted by Crippen LogP contribution is -2.27. The molecule has 3 rings (SSSR count). The monoisotopic (exact) mass is 549 g/mol. The van der Waals surface area contributed by atoms with Gasteiger partial charge in [-0.15, -0.1) is 0 Å². The van der Waals surface area contributed by atoms with Gasteiger partial charge in [0.15, 0.2) is 0 Å². The molecule has 0 amide bonds. The average molecular weight is 550 g/mol. The number of ether oxygens (including phenoxy) is 3. The predicted octanol–water partition coefficient (Wildman–Crippen LogP) is 4.87. The minimum Gasteiger partial charge on any atom is -0.394 e. The zero-order valence-electron chi connectivity index (χ0n) is 24.9. The highest BCUT2D eigenvalue weighted by atomic mass is 16.5. The van der Waals surface area contributed by atoms with Crippen molar-refractivity contribution in [3.63, 3.8) is 0 Å². The van der Waals surface area contributed by atoms with E-state index in [2.05, 4.69) is 123 Å². The summed E-state index contributed by atoms with van der Waals surface area (Å²) in [5.41, 5.74) is 7.40. The number of hydrogen-bond donors (Lipinski definition) is 1. The molecule has 0 fully saturated rings. The van der Waals surface area contributed by atoms with E-state index in [-0.39, 0.29) is 12.5 Å². The molecule has 40 heavy (non-hydrogen) atoms. The number of anilines is 3. The number of nitrogens with zero attached hydrogens (tertiary/aromatic N) is 3. The molecule has 218 valence electrons. The fourth-order valence-electron chi connectivity index (χ4n) is 4.64. The van der Waals surface area contributed by atoms with E-state index < -0.39 is 0 Å². The van der Waals surface area contributed by atoms with Crippen molar-refractivity contribution in [2.24, 2.45) is 0 Å². The summed E-state index contributed by atoms with van der Waals surface area (Å²) in [6.07, 6.45) is 0. The van der Waals surface area contributed by atoms with Crippen LogP contribution >= 0.6 is 0 Å². The summed E-state index contributed by atoms with van der Waals surface area (Å²) in [7, 11) is 8.28. The number of benzene rings is 3. The summed E-state index contributed by atoms with van der Waals surface area (Å²) in [6.45, 7) is 7.01. The molecule has 0 atom stereocenters. The van der Waals surface area contributed by atoms with Crippen LogP contribution in [-0.2, 0) is 14.2 Å². The van der Waals surface area contributed by atoms with Gasteiger partial charge in [0.2, 0.25) is 0 Å². The number of rotatable bonds is 18. The quantitative estimate of drug-likeness (QED) is 0.180. The molecule has 0 aliphatic carbocycles. The maximum atomic E-state index is 8.70. The SMILES string of the molecule is CCN(CCOCCOCCOCCO)c1ccc(C(c2ccc(N(C)C)cc2)c2ccc(N(C)C)cc2)cc1. The maximum absolute atomic E-state index is 8.70. The average Bonchev–Trinajstić information content (AvgIpc) is 2.97. The summed E-state index contributed by atoms with van der Waals surface area (Å²) < 4.78 is 16.5. The lowest BCUT2D eigenvalue weighted by atomic mass is 9.85. The fourth-order valence-corrected chi connectivity index (χ4v) is 4.64. The number of aliphatic hydroxyl groups is 1. The van der Waals surface area contributed by atoms with Crippen LogP contribution in [0.25, 0.3) is 0 Å². The van der Waals surface area contributed by atoms with Crippen molar-refractivity contribution in [3.05, 3.63) is 89.5 Å². The van der Waals surface area contributed by atoms with Crippen LogP contribution in [0.4, 0.5) is 17.1 Å². The van der Waals surface area contributed by atoms with Crippen molar-refractivity contribution in [3.8, 4) is 0 Å². The Morgan fingerprint density at radius 3 is 1.30 bits per heavy atom. The Bertz CT molecular complexity index is 1030. The van der Waals surface area contributed by atoms with Gasteiger partial charge in [0.05, 0.1) is 46.2 Å². The normalized spacial score (nSPS) is 11.2. The lowest BCUT2D eigenvalue weighted by Gasteiger charge is -2.25. The van der Waals surface area contributed by atoms with E-state index in [1.54, 1.807) is 0 Å². The largest absolute Gasteiger partial charge is 0.394 e. The van der Waals surface area contributed by atoms with Crippen LogP contribution in [0.2, 0.25) is 0 Å². The van der Waals surface area contributed by atoms with E-state index in [0.29, 0.717) is 39.6 Å². The van der Waals surface area contributed by atoms with Crippen LogP contribution in [0.1, 0.15) is 29.5 Å². The third-order valence-electron chi connectivity index (χ3n) is 6.94. The highest BCUT2D eigenvalue weighted by Crippen LogP contribution is 2.34. The molecule has 0 aromatic heterocycles. The molecular weight excluding hydrogens is 502 g/mol. The minimum atomic E-state index is 0.0377. The third kappa shape index (κ3) is 9.52. The van der Waals surface area contributed by atoms with Gasteiger partial charge in [-0.25, -0.2) is 0 Å². The van der Waals surface area contributed by atoms with Gasteiger partial charge >= 0.3 is 0 Å². The zero-order valence-corrected chi connectivity index (χ0v) is 24.9. The molecular formula is C33H47N3O4. The van der Waals surface area contributed by atoms with Crippen LogP contribution in [0.5, 0.6) is 0 Å². The van der Waals surface area contributed by atoms with E-state index in [1.807, 2.05) is 0 Å². The highest BCUT2D eigenvalue weighted by molar-refractivity contribution is 5.55. The van der Waals surface area contributed by atoms with Crippen molar-refractivity contribution in [1.82, 2.24) is 0 Å². The van der Waals surface area contributed by atoms with E-state index in [0.717, 1.165) is 13.1 Å². The molecule has 7 heteroatoms. The van der Waals surface area contributed by atoms with Gasteiger partial charge in [0.25, 0.3) is 0 Å². The summed E-state index contributed by atoms with van der Waals surface area (Å²) >= 11 is 0. The third-order valence-corrected chi connectivity index (χ3v) is 6.94. The Balaban J connectivity index is 1.65. The first kappa shape index (κ1) is 31.4. The second kappa shape index (κ2) is 16.9. The standard InChI is InChI=1S/C33H47N3O4/c1-6-36(19-21-38-23-25-40-26-24-39-22-20-37)32-17-11-29(12-18-32)33(27-7-13-30(14-8-27)34(2)3)28-9-15-31(16-10-28)35(4)5/h7-18,33,37H,6,19-26H2,1-5H3. The Kier molecular flexibility index (Phi) is 13.3. The molecule has 0 radical (unpaired) electrons. The first-order valence-corrected chi connectivity index (χ1v) is 14.2. The Labute approximate surface area is 240 Å². The van der Waals surface area contributed by atoms with Crippen LogP contribution in [-0.4, -0.2) is 92.6 Å². The second-order valence-electron chi connectivity index (χ2n) is 10.1. The van der Waals surface area contributed by atoms with Gasteiger partial charge in [-0.2, -0.15) is 0 Å². The Morgan fingerprint density at radius 1 is 0.550 bits per heavy atom. The van der Waals surface area contributed by atoms with Crippen molar-refractivity contribution in [2.45, 2.75) is 12.8 Å². The van der Waals surface area contributed by atoms with E-state index in [9.17, 15) is 0 Å². The van der Waals surface area contributed by atoms with Crippen molar-refractivity contribution >= 4 is 17.1 Å². The molecule has 3 aromatic rings. The second-order valence-corrected chi connectivity index (χ2v) is 10.1. The molecule has 7 nitrogen and oxygen atoms in total. The number of hydrogen-bond acceptors (Lipinski definition) is 7. The lowest BCUT2D eigenvalue weighted by molar-refractivity contribution is 0.00875.